The average molecular weight is 614 g/mol. The molecule has 9 heteroatoms. The molecular formula is C32H63NO6Si2. The van der Waals surface area contributed by atoms with Crippen LogP contribution in [0.3, 0.4) is 0 Å². The molecule has 0 aromatic heterocycles. The van der Waals surface area contributed by atoms with Crippen molar-refractivity contribution in [1.82, 2.24) is 4.90 Å². The van der Waals surface area contributed by atoms with E-state index < -0.39 is 22.4 Å². The van der Waals surface area contributed by atoms with Crippen molar-refractivity contribution in [3.05, 3.63) is 0 Å². The van der Waals surface area contributed by atoms with Crippen LogP contribution in [-0.4, -0.2) is 71.1 Å². The van der Waals surface area contributed by atoms with Gasteiger partial charge in [-0.1, -0.05) is 69.2 Å². The zero-order valence-corrected chi connectivity index (χ0v) is 30.1. The molecule has 2 saturated heterocycles. The van der Waals surface area contributed by atoms with Gasteiger partial charge in [-0.05, 0) is 67.4 Å². The van der Waals surface area contributed by atoms with Gasteiger partial charge in [-0.3, -0.25) is 4.90 Å². The van der Waals surface area contributed by atoms with Crippen LogP contribution in [0.15, 0.2) is 0 Å². The van der Waals surface area contributed by atoms with Gasteiger partial charge < -0.3 is 23.1 Å². The second-order valence-electron chi connectivity index (χ2n) is 13.1. The van der Waals surface area contributed by atoms with Gasteiger partial charge in [0.15, 0.2) is 22.4 Å². The van der Waals surface area contributed by atoms with E-state index in [2.05, 4.69) is 62.3 Å². The van der Waals surface area contributed by atoms with Gasteiger partial charge in [0.25, 0.3) is 0 Å². The number of hydrogen-bond acceptors (Lipinski definition) is 6. The van der Waals surface area contributed by atoms with Crippen molar-refractivity contribution in [2.45, 2.75) is 162 Å². The Bertz CT molecular complexity index is 791. The average Bonchev–Trinajstić information content (AvgIpc) is 3.34. The lowest BCUT2D eigenvalue weighted by atomic mass is 9.80. The van der Waals surface area contributed by atoms with Gasteiger partial charge in [0.2, 0.25) is 0 Å². The molecule has 0 aromatic rings. The minimum absolute atomic E-state index is 0.135. The minimum atomic E-state index is -2.01. The summed E-state index contributed by atoms with van der Waals surface area (Å²) in [5.41, 5.74) is -0.785. The van der Waals surface area contributed by atoms with Crippen LogP contribution in [0.1, 0.15) is 101 Å². The van der Waals surface area contributed by atoms with E-state index >= 15 is 0 Å². The number of amides is 1. The fourth-order valence-electron chi connectivity index (χ4n) is 7.32. The van der Waals surface area contributed by atoms with Crippen LogP contribution in [0.4, 0.5) is 4.79 Å². The van der Waals surface area contributed by atoms with Crippen molar-refractivity contribution < 1.29 is 27.9 Å². The molecule has 2 heterocycles. The zero-order chi connectivity index (χ0) is 30.8. The Kier molecular flexibility index (Phi) is 14.5. The smallest absolute Gasteiger partial charge is 0.412 e. The summed E-state index contributed by atoms with van der Waals surface area (Å²) in [5, 5.41) is 0. The summed E-state index contributed by atoms with van der Waals surface area (Å²) in [4.78, 5) is 27.0. The van der Waals surface area contributed by atoms with Crippen molar-refractivity contribution in [2.24, 2.45) is 17.8 Å². The van der Waals surface area contributed by atoms with Gasteiger partial charge in [0.1, 0.15) is 12.4 Å². The summed E-state index contributed by atoms with van der Waals surface area (Å²) in [5.74, 6) is 0.675. The monoisotopic (exact) mass is 613 g/mol. The largest absolute Gasteiger partial charge is 0.449 e. The molecule has 7 atom stereocenters. The number of likely N-dealkylation sites (tertiary alicyclic amines) is 1. The standard InChI is InChI=1S/C32H63NO6Si2/c1-11-20-36-31(35)33-24-26(9)21-27(10)32(33)23-29(39-41(15-5,16-6)17-7)30(37-32)28(22-25(8)18-19-34)38-40(12-2,13-3)14-4/h19,25-30H,11-18,20-24H2,1-10H3/t25-,26+,27-,28+,29+,30+,32-/m0/s1. The lowest BCUT2D eigenvalue weighted by molar-refractivity contribution is -0.204. The third kappa shape index (κ3) is 8.46. The molecule has 0 bridgehead atoms. The van der Waals surface area contributed by atoms with Crippen molar-refractivity contribution in [3.63, 3.8) is 0 Å². The molecule has 2 fully saturated rings. The Morgan fingerprint density at radius 2 is 1.59 bits per heavy atom. The first-order chi connectivity index (χ1) is 19.5. The normalized spacial score (nSPS) is 28.6. The van der Waals surface area contributed by atoms with E-state index in [1.54, 1.807) is 0 Å². The Balaban J connectivity index is 2.65. The number of carbonyl (C=O) groups is 2. The molecule has 0 unspecified atom stereocenters. The van der Waals surface area contributed by atoms with Gasteiger partial charge in [0.05, 0.1) is 18.8 Å². The van der Waals surface area contributed by atoms with Crippen LogP contribution >= 0.6 is 0 Å². The Labute approximate surface area is 254 Å². The number of aldehydes is 1. The predicted molar refractivity (Wildman–Crippen MR) is 172 cm³/mol. The first-order valence-electron chi connectivity index (χ1n) is 16.9. The van der Waals surface area contributed by atoms with E-state index in [-0.39, 0.29) is 36.2 Å². The summed E-state index contributed by atoms with van der Waals surface area (Å²) < 4.78 is 27.7. The van der Waals surface area contributed by atoms with E-state index in [4.69, 9.17) is 18.3 Å². The van der Waals surface area contributed by atoms with Gasteiger partial charge >= 0.3 is 6.09 Å². The molecule has 7 nitrogen and oxygen atoms in total. The quantitative estimate of drug-likeness (QED) is 0.121. The summed E-state index contributed by atoms with van der Waals surface area (Å²) in [6, 6.07) is 6.29. The molecule has 2 aliphatic heterocycles. The minimum Gasteiger partial charge on any atom is -0.449 e. The lowest BCUT2D eigenvalue weighted by Gasteiger charge is -2.50. The number of rotatable bonds is 17. The number of piperidine rings is 1. The number of carbonyl (C=O) groups excluding carboxylic acids is 2. The molecule has 41 heavy (non-hydrogen) atoms. The summed E-state index contributed by atoms with van der Waals surface area (Å²) in [7, 11) is -4.02. The van der Waals surface area contributed by atoms with Crippen LogP contribution in [0.2, 0.25) is 36.3 Å². The molecular weight excluding hydrogens is 551 g/mol. The van der Waals surface area contributed by atoms with Gasteiger partial charge in [-0.25, -0.2) is 4.79 Å². The highest BCUT2D eigenvalue weighted by Crippen LogP contribution is 2.49. The van der Waals surface area contributed by atoms with E-state index in [1.807, 2.05) is 11.8 Å². The highest BCUT2D eigenvalue weighted by molar-refractivity contribution is 6.74. The molecule has 0 radical (unpaired) electrons. The first-order valence-corrected chi connectivity index (χ1v) is 22.0. The first kappa shape index (κ1) is 36.4. The maximum atomic E-state index is 13.6. The SMILES string of the molecule is CCCOC(=O)N1C[C@H](C)C[C@H](C)[C@@]12C[C@@H](O[Si](CC)(CC)CC)[C@@H]([C@@H](C[C@@H](C)CC=O)O[Si](CC)(CC)CC)O2. The van der Waals surface area contributed by atoms with Gasteiger partial charge in [-0.15, -0.1) is 0 Å². The molecule has 1 spiro atoms. The fraction of sp³-hybridized carbons (Fsp3) is 0.938. The highest BCUT2D eigenvalue weighted by atomic mass is 28.4. The van der Waals surface area contributed by atoms with E-state index in [9.17, 15) is 9.59 Å². The van der Waals surface area contributed by atoms with E-state index in [0.717, 1.165) is 61.8 Å². The number of nitrogens with zero attached hydrogens (tertiary/aromatic N) is 1. The molecule has 0 saturated carbocycles. The van der Waals surface area contributed by atoms with Gasteiger partial charge in [-0.2, -0.15) is 0 Å². The van der Waals surface area contributed by atoms with Crippen LogP contribution in [-0.2, 0) is 23.1 Å². The van der Waals surface area contributed by atoms with Crippen molar-refractivity contribution >= 4 is 29.0 Å². The van der Waals surface area contributed by atoms with E-state index in [1.165, 1.54) is 0 Å². The Hall–Kier alpha value is -0.746. The highest BCUT2D eigenvalue weighted by Gasteiger charge is 2.60. The third-order valence-electron chi connectivity index (χ3n) is 10.5. The zero-order valence-electron chi connectivity index (χ0n) is 28.1. The Morgan fingerprint density at radius 1 is 1.00 bits per heavy atom. The molecule has 2 rings (SSSR count). The van der Waals surface area contributed by atoms with Crippen molar-refractivity contribution in [2.75, 3.05) is 13.2 Å². The van der Waals surface area contributed by atoms with Crippen LogP contribution in [0, 0.1) is 17.8 Å². The maximum absolute atomic E-state index is 13.6. The second-order valence-corrected chi connectivity index (χ2v) is 22.6. The fourth-order valence-corrected chi connectivity index (χ4v) is 13.1. The summed E-state index contributed by atoms with van der Waals surface area (Å²) >= 11 is 0. The number of hydrogen-bond donors (Lipinski definition) is 0. The molecule has 0 aliphatic carbocycles. The molecule has 1 amide bonds. The van der Waals surface area contributed by atoms with Gasteiger partial charge in [0, 0.05) is 25.3 Å². The predicted octanol–water partition coefficient (Wildman–Crippen LogP) is 8.39. The second kappa shape index (κ2) is 16.4. The summed E-state index contributed by atoms with van der Waals surface area (Å²) in [6.07, 6.45) is 3.77. The van der Waals surface area contributed by atoms with Crippen molar-refractivity contribution in [1.29, 1.82) is 0 Å². The molecule has 0 N–H and O–H groups in total. The van der Waals surface area contributed by atoms with E-state index in [0.29, 0.717) is 31.9 Å². The van der Waals surface area contributed by atoms with Crippen LogP contribution in [0.25, 0.3) is 0 Å². The Morgan fingerprint density at radius 3 is 2.10 bits per heavy atom. The topological polar surface area (TPSA) is 74.3 Å². The molecule has 2 aliphatic rings. The maximum Gasteiger partial charge on any atom is 0.412 e. The number of ether oxygens (including phenoxy) is 2. The third-order valence-corrected chi connectivity index (χ3v) is 19.8. The van der Waals surface area contributed by atoms with Crippen LogP contribution in [0.5, 0.6) is 0 Å². The van der Waals surface area contributed by atoms with Crippen molar-refractivity contribution in [3.8, 4) is 0 Å². The summed E-state index contributed by atoms with van der Waals surface area (Å²) in [6.45, 7) is 23.2. The molecule has 0 aromatic carbocycles. The van der Waals surface area contributed by atoms with Crippen LogP contribution < -0.4 is 0 Å². The molecule has 240 valence electrons. The lowest BCUT2D eigenvalue weighted by Crippen LogP contribution is -2.61.